The van der Waals surface area contributed by atoms with Crippen molar-refractivity contribution >= 4 is 12.4 Å². The van der Waals surface area contributed by atoms with Crippen LogP contribution in [0.5, 0.6) is 5.75 Å². The zero-order chi connectivity index (χ0) is 11.4. The van der Waals surface area contributed by atoms with E-state index in [1.807, 2.05) is 6.92 Å². The van der Waals surface area contributed by atoms with Crippen molar-refractivity contribution in [2.75, 3.05) is 7.11 Å². The molecule has 1 unspecified atom stereocenters. The van der Waals surface area contributed by atoms with Crippen LogP contribution >= 0.6 is 12.4 Å². The fraction of sp³-hybridized carbons (Fsp3) is 0.455. The molecule has 0 radical (unpaired) electrons. The van der Waals surface area contributed by atoms with E-state index in [4.69, 9.17) is 10.5 Å². The number of rotatable bonds is 4. The van der Waals surface area contributed by atoms with E-state index < -0.39 is 11.6 Å². The Kier molecular flexibility index (Phi) is 6.29. The number of benzene rings is 1. The molecule has 1 aromatic rings. The number of nitrogens with two attached hydrogens (primary N) is 1. The molecule has 1 aromatic carbocycles. The maximum absolute atomic E-state index is 13.4. The molecule has 92 valence electrons. The second-order valence-corrected chi connectivity index (χ2v) is 3.41. The van der Waals surface area contributed by atoms with Gasteiger partial charge in [0, 0.05) is 11.6 Å². The summed E-state index contributed by atoms with van der Waals surface area (Å²) in [6.07, 6.45) is 0.988. The van der Waals surface area contributed by atoms with Crippen LogP contribution in [0.2, 0.25) is 0 Å². The largest absolute Gasteiger partial charge is 0.496 e. The Balaban J connectivity index is 0.00000225. The Morgan fingerprint density at radius 1 is 1.38 bits per heavy atom. The van der Waals surface area contributed by atoms with Crippen LogP contribution in [0.25, 0.3) is 0 Å². The molecule has 2 nitrogen and oxygen atoms in total. The first-order chi connectivity index (χ1) is 7.10. The Morgan fingerprint density at radius 3 is 2.50 bits per heavy atom. The monoisotopic (exact) mass is 251 g/mol. The van der Waals surface area contributed by atoms with Crippen LogP contribution in [0.1, 0.15) is 18.9 Å². The molecule has 2 N–H and O–H groups in total. The summed E-state index contributed by atoms with van der Waals surface area (Å²) in [5, 5.41) is 0. The van der Waals surface area contributed by atoms with Crippen molar-refractivity contribution in [3.63, 3.8) is 0 Å². The minimum atomic E-state index is -0.867. The predicted octanol–water partition coefficient (Wildman–Crippen LogP) is 2.68. The SMILES string of the molecule is CCC(N)Cc1c(OC)ccc(F)c1F.Cl. The van der Waals surface area contributed by atoms with E-state index in [0.29, 0.717) is 12.2 Å². The maximum atomic E-state index is 13.4. The van der Waals surface area contributed by atoms with E-state index in [1.165, 1.54) is 13.2 Å². The molecule has 0 bridgehead atoms. The minimum Gasteiger partial charge on any atom is -0.496 e. The molecule has 1 atom stereocenters. The molecule has 0 heterocycles. The summed E-state index contributed by atoms with van der Waals surface area (Å²) >= 11 is 0. The molecule has 0 aliphatic carbocycles. The Labute approximate surface area is 100 Å². The average Bonchev–Trinajstić information content (AvgIpc) is 2.25. The van der Waals surface area contributed by atoms with Crippen LogP contribution in [0.4, 0.5) is 8.78 Å². The van der Waals surface area contributed by atoms with Gasteiger partial charge in [-0.2, -0.15) is 0 Å². The van der Waals surface area contributed by atoms with Crippen LogP contribution in [0.3, 0.4) is 0 Å². The third kappa shape index (κ3) is 3.32. The van der Waals surface area contributed by atoms with Gasteiger partial charge in [-0.3, -0.25) is 0 Å². The quantitative estimate of drug-likeness (QED) is 0.893. The van der Waals surface area contributed by atoms with E-state index in [2.05, 4.69) is 0 Å². The van der Waals surface area contributed by atoms with E-state index in [0.717, 1.165) is 6.07 Å². The van der Waals surface area contributed by atoms with Crippen LogP contribution in [-0.4, -0.2) is 13.2 Å². The standard InChI is InChI=1S/C11H15F2NO.ClH/c1-3-7(14)6-8-10(15-2)5-4-9(12)11(8)13;/h4-5,7H,3,6,14H2,1-2H3;1H. The van der Waals surface area contributed by atoms with Gasteiger partial charge in [0.2, 0.25) is 0 Å². The zero-order valence-electron chi connectivity index (χ0n) is 9.30. The molecule has 0 saturated carbocycles. The van der Waals surface area contributed by atoms with Crippen molar-refractivity contribution in [2.24, 2.45) is 5.73 Å². The predicted molar refractivity (Wildman–Crippen MR) is 62.1 cm³/mol. The summed E-state index contributed by atoms with van der Waals surface area (Å²) < 4.78 is 31.4. The molecule has 0 spiro atoms. The van der Waals surface area contributed by atoms with Crippen LogP contribution in [0.15, 0.2) is 12.1 Å². The number of methoxy groups -OCH3 is 1. The third-order valence-electron chi connectivity index (χ3n) is 2.36. The zero-order valence-corrected chi connectivity index (χ0v) is 10.1. The van der Waals surface area contributed by atoms with Gasteiger partial charge in [-0.25, -0.2) is 8.78 Å². The summed E-state index contributed by atoms with van der Waals surface area (Å²) in [6, 6.07) is 2.28. The molecule has 0 aromatic heterocycles. The van der Waals surface area contributed by atoms with Crippen LogP contribution < -0.4 is 10.5 Å². The van der Waals surface area contributed by atoms with Gasteiger partial charge in [-0.05, 0) is 25.0 Å². The first-order valence-corrected chi connectivity index (χ1v) is 4.86. The van der Waals surface area contributed by atoms with E-state index in [-0.39, 0.29) is 30.4 Å². The highest BCUT2D eigenvalue weighted by Gasteiger charge is 2.16. The molecular formula is C11H16ClF2NO. The fourth-order valence-corrected chi connectivity index (χ4v) is 1.36. The molecule has 1 rings (SSSR count). The van der Waals surface area contributed by atoms with Crippen molar-refractivity contribution in [3.8, 4) is 5.75 Å². The molecule has 0 aliphatic heterocycles. The Morgan fingerprint density at radius 2 is 2.00 bits per heavy atom. The topological polar surface area (TPSA) is 35.2 Å². The van der Waals surface area contributed by atoms with Crippen molar-refractivity contribution in [2.45, 2.75) is 25.8 Å². The van der Waals surface area contributed by atoms with Gasteiger partial charge in [-0.1, -0.05) is 6.92 Å². The van der Waals surface area contributed by atoms with E-state index in [1.54, 1.807) is 0 Å². The van der Waals surface area contributed by atoms with Crippen LogP contribution in [0, 0.1) is 11.6 Å². The minimum absolute atomic E-state index is 0. The molecule has 16 heavy (non-hydrogen) atoms. The molecule has 0 amide bonds. The fourth-order valence-electron chi connectivity index (χ4n) is 1.36. The lowest BCUT2D eigenvalue weighted by Crippen LogP contribution is -2.22. The maximum Gasteiger partial charge on any atom is 0.165 e. The first kappa shape index (κ1) is 15.1. The van der Waals surface area contributed by atoms with Gasteiger partial charge < -0.3 is 10.5 Å². The third-order valence-corrected chi connectivity index (χ3v) is 2.36. The normalized spacial score (nSPS) is 11.8. The van der Waals surface area contributed by atoms with Gasteiger partial charge in [0.15, 0.2) is 11.6 Å². The number of hydrogen-bond acceptors (Lipinski definition) is 2. The van der Waals surface area contributed by atoms with Crippen molar-refractivity contribution < 1.29 is 13.5 Å². The second-order valence-electron chi connectivity index (χ2n) is 3.41. The molecule has 0 aliphatic rings. The highest BCUT2D eigenvalue weighted by atomic mass is 35.5. The Hall–Kier alpha value is -0.870. The van der Waals surface area contributed by atoms with E-state index >= 15 is 0 Å². The van der Waals surface area contributed by atoms with Crippen LogP contribution in [-0.2, 0) is 6.42 Å². The highest BCUT2D eigenvalue weighted by Crippen LogP contribution is 2.24. The number of halogens is 3. The molecule has 0 fully saturated rings. The molecular weight excluding hydrogens is 236 g/mol. The summed E-state index contributed by atoms with van der Waals surface area (Å²) in [4.78, 5) is 0. The van der Waals surface area contributed by atoms with Gasteiger partial charge in [0.25, 0.3) is 0 Å². The molecule has 5 heteroatoms. The van der Waals surface area contributed by atoms with E-state index in [9.17, 15) is 8.78 Å². The Bertz CT molecular complexity index is 347. The lowest BCUT2D eigenvalue weighted by molar-refractivity contribution is 0.395. The lowest BCUT2D eigenvalue weighted by Gasteiger charge is -2.13. The smallest absolute Gasteiger partial charge is 0.165 e. The average molecular weight is 252 g/mol. The van der Waals surface area contributed by atoms with Gasteiger partial charge >= 0.3 is 0 Å². The molecule has 0 saturated heterocycles. The van der Waals surface area contributed by atoms with Crippen molar-refractivity contribution in [1.29, 1.82) is 0 Å². The number of hydrogen-bond donors (Lipinski definition) is 1. The lowest BCUT2D eigenvalue weighted by atomic mass is 10.0. The number of ether oxygens (including phenoxy) is 1. The summed E-state index contributed by atoms with van der Waals surface area (Å²) in [6.45, 7) is 1.90. The van der Waals surface area contributed by atoms with Gasteiger partial charge in [-0.15, -0.1) is 12.4 Å². The summed E-state index contributed by atoms with van der Waals surface area (Å²) in [7, 11) is 1.42. The summed E-state index contributed by atoms with van der Waals surface area (Å²) in [5.74, 6) is -1.38. The van der Waals surface area contributed by atoms with Crippen molar-refractivity contribution in [1.82, 2.24) is 0 Å². The first-order valence-electron chi connectivity index (χ1n) is 4.86. The van der Waals surface area contributed by atoms with Gasteiger partial charge in [0.05, 0.1) is 7.11 Å². The van der Waals surface area contributed by atoms with Gasteiger partial charge in [0.1, 0.15) is 5.75 Å². The summed E-state index contributed by atoms with van der Waals surface area (Å²) in [5.41, 5.74) is 5.92. The van der Waals surface area contributed by atoms with Crippen molar-refractivity contribution in [3.05, 3.63) is 29.3 Å². The second kappa shape index (κ2) is 6.66. The highest BCUT2D eigenvalue weighted by molar-refractivity contribution is 5.85.